The van der Waals surface area contributed by atoms with Gasteiger partial charge in [-0.25, -0.2) is 4.39 Å². The van der Waals surface area contributed by atoms with Crippen molar-refractivity contribution in [3.05, 3.63) is 114 Å². The van der Waals surface area contributed by atoms with E-state index in [0.717, 1.165) is 38.2 Å². The summed E-state index contributed by atoms with van der Waals surface area (Å²) in [4.78, 5) is 13.0. The first-order chi connectivity index (χ1) is 18.4. The zero-order valence-corrected chi connectivity index (χ0v) is 25.3. The van der Waals surface area contributed by atoms with Crippen molar-refractivity contribution in [3.8, 4) is 22.5 Å². The van der Waals surface area contributed by atoms with E-state index in [1.807, 2.05) is 36.7 Å². The van der Waals surface area contributed by atoms with Crippen molar-refractivity contribution in [2.45, 2.75) is 39.5 Å². The number of nitrogens with zero attached hydrogens (tertiary/aromatic N) is 3. The van der Waals surface area contributed by atoms with E-state index >= 15 is 0 Å². The average molecular weight is 708 g/mol. The Kier molecular flexibility index (Phi) is 7.47. The zero-order valence-electron chi connectivity index (χ0n) is 22.1. The maximum Gasteiger partial charge on any atom is 0.149 e. The minimum atomic E-state index is -0.281. The molecular formula is C33H26FIrN3S-2. The summed E-state index contributed by atoms with van der Waals surface area (Å²) in [5, 5.41) is 1.54. The SMILES string of the molecule is CCc1ccnc(-c2[c-]ccc3c2sc2cncc(F)c23)c1.Cc1cnc2c(c1)C(C)(C)c1ccc[c-]c1-2.[Ir]. The first-order valence-electron chi connectivity index (χ1n) is 12.7. The third kappa shape index (κ3) is 4.71. The smallest absolute Gasteiger partial charge is 0.149 e. The van der Waals surface area contributed by atoms with E-state index in [-0.39, 0.29) is 31.3 Å². The van der Waals surface area contributed by atoms with E-state index in [4.69, 9.17) is 0 Å². The van der Waals surface area contributed by atoms with Crippen molar-refractivity contribution >= 4 is 31.5 Å². The summed E-state index contributed by atoms with van der Waals surface area (Å²) in [7, 11) is 0. The van der Waals surface area contributed by atoms with Crippen molar-refractivity contribution in [2.24, 2.45) is 0 Å². The van der Waals surface area contributed by atoms with E-state index in [9.17, 15) is 4.39 Å². The maximum absolute atomic E-state index is 14.1. The molecule has 0 bridgehead atoms. The summed E-state index contributed by atoms with van der Waals surface area (Å²) in [6.45, 7) is 8.72. The average Bonchev–Trinajstić information content (AvgIpc) is 3.43. The molecule has 0 amide bonds. The van der Waals surface area contributed by atoms with Gasteiger partial charge in [0, 0.05) is 48.8 Å². The van der Waals surface area contributed by atoms with Gasteiger partial charge in [-0.15, -0.1) is 59.2 Å². The molecule has 1 aliphatic carbocycles. The number of hydrogen-bond donors (Lipinski definition) is 0. The molecule has 7 rings (SSSR count). The van der Waals surface area contributed by atoms with Crippen LogP contribution in [0.5, 0.6) is 0 Å². The van der Waals surface area contributed by atoms with Crippen molar-refractivity contribution in [1.29, 1.82) is 0 Å². The molecule has 6 aromatic rings. The Balaban J connectivity index is 0.000000161. The fourth-order valence-electron chi connectivity index (χ4n) is 5.22. The van der Waals surface area contributed by atoms with Gasteiger partial charge in [0.2, 0.25) is 0 Å². The van der Waals surface area contributed by atoms with Crippen LogP contribution in [0.25, 0.3) is 42.7 Å². The Bertz CT molecular complexity index is 1830. The first kappa shape index (κ1) is 27.3. The van der Waals surface area contributed by atoms with E-state index < -0.39 is 0 Å². The van der Waals surface area contributed by atoms with Crippen LogP contribution in [-0.4, -0.2) is 15.0 Å². The Labute approximate surface area is 245 Å². The monoisotopic (exact) mass is 708 g/mol. The fourth-order valence-corrected chi connectivity index (χ4v) is 6.41. The molecule has 6 heteroatoms. The van der Waals surface area contributed by atoms with Gasteiger partial charge in [-0.05, 0) is 46.5 Å². The van der Waals surface area contributed by atoms with Crippen LogP contribution < -0.4 is 0 Å². The molecule has 197 valence electrons. The van der Waals surface area contributed by atoms with Crippen LogP contribution in [0.2, 0.25) is 0 Å². The summed E-state index contributed by atoms with van der Waals surface area (Å²) in [5.41, 5.74) is 9.24. The van der Waals surface area contributed by atoms with Gasteiger partial charge in [0.05, 0.1) is 6.20 Å². The Hall–Kier alpha value is -3.31. The van der Waals surface area contributed by atoms with E-state index in [1.54, 1.807) is 6.20 Å². The third-order valence-corrected chi connectivity index (χ3v) is 8.41. The van der Waals surface area contributed by atoms with Crippen molar-refractivity contribution in [3.63, 3.8) is 0 Å². The molecule has 0 N–H and O–H groups in total. The Morgan fingerprint density at radius 1 is 0.949 bits per heavy atom. The van der Waals surface area contributed by atoms with Gasteiger partial charge < -0.3 is 9.97 Å². The largest absolute Gasteiger partial charge is 0.305 e. The number of benzene rings is 2. The first-order valence-corrected chi connectivity index (χ1v) is 13.5. The number of rotatable bonds is 2. The van der Waals surface area contributed by atoms with Gasteiger partial charge in [0.15, 0.2) is 0 Å². The molecule has 2 aromatic carbocycles. The van der Waals surface area contributed by atoms with Crippen LogP contribution in [0.1, 0.15) is 43.0 Å². The van der Waals surface area contributed by atoms with E-state index in [0.29, 0.717) is 5.39 Å². The zero-order chi connectivity index (χ0) is 26.4. The molecule has 0 aliphatic heterocycles. The molecular weight excluding hydrogens is 682 g/mol. The van der Waals surface area contributed by atoms with Crippen LogP contribution in [0.15, 0.2) is 73.3 Å². The van der Waals surface area contributed by atoms with Crippen molar-refractivity contribution in [2.75, 3.05) is 0 Å². The Morgan fingerprint density at radius 2 is 1.77 bits per heavy atom. The number of thiophene rings is 1. The van der Waals surface area contributed by atoms with Crippen molar-refractivity contribution in [1.82, 2.24) is 15.0 Å². The second-order valence-corrected chi connectivity index (χ2v) is 11.1. The van der Waals surface area contributed by atoms with Crippen LogP contribution in [0.4, 0.5) is 4.39 Å². The van der Waals surface area contributed by atoms with Crippen LogP contribution >= 0.6 is 11.3 Å². The van der Waals surface area contributed by atoms with Gasteiger partial charge in [-0.2, -0.15) is 11.3 Å². The van der Waals surface area contributed by atoms with Crippen LogP contribution in [0.3, 0.4) is 0 Å². The van der Waals surface area contributed by atoms with Gasteiger partial charge in [-0.1, -0.05) is 49.4 Å². The molecule has 4 heterocycles. The number of aromatic nitrogens is 3. The standard InChI is InChI=1S/C18H12FN2S.C15H14N.Ir/c1-2-11-6-7-21-15(8-11)12-4-3-5-13-17-14(19)9-20-10-16(17)22-18(12)13;1-10-8-13-14(16-9-10)11-6-4-5-7-12(11)15(13,2)3;/h3,5-10H,2H2,1H3;4-5,7-9H,1-3H3;/q2*-1;. The predicted molar refractivity (Wildman–Crippen MR) is 154 cm³/mol. The quantitative estimate of drug-likeness (QED) is 0.170. The van der Waals surface area contributed by atoms with Gasteiger partial charge in [0.1, 0.15) is 5.82 Å². The van der Waals surface area contributed by atoms with Gasteiger partial charge in [0.25, 0.3) is 0 Å². The summed E-state index contributed by atoms with van der Waals surface area (Å²) in [5.74, 6) is -0.281. The molecule has 39 heavy (non-hydrogen) atoms. The van der Waals surface area contributed by atoms with Gasteiger partial charge >= 0.3 is 0 Å². The summed E-state index contributed by atoms with van der Waals surface area (Å²) < 4.78 is 16.0. The number of aryl methyl sites for hydroxylation is 2. The molecule has 0 saturated carbocycles. The van der Waals surface area contributed by atoms with Crippen molar-refractivity contribution < 1.29 is 24.5 Å². The molecule has 1 aliphatic rings. The third-order valence-electron chi connectivity index (χ3n) is 7.25. The molecule has 1 radical (unpaired) electrons. The summed E-state index contributed by atoms with van der Waals surface area (Å²) in [6, 6.07) is 22.9. The van der Waals surface area contributed by atoms with Crippen LogP contribution in [-0.2, 0) is 31.9 Å². The molecule has 3 nitrogen and oxygen atoms in total. The fraction of sp³-hybridized carbons (Fsp3) is 0.182. The normalized spacial score (nSPS) is 12.8. The van der Waals surface area contributed by atoms with Crippen LogP contribution in [0, 0.1) is 24.9 Å². The number of hydrogen-bond acceptors (Lipinski definition) is 4. The number of halogens is 1. The second-order valence-electron chi connectivity index (χ2n) is 10.1. The molecule has 0 fully saturated rings. The molecule has 4 aromatic heterocycles. The van der Waals surface area contributed by atoms with Gasteiger partial charge in [-0.3, -0.25) is 4.98 Å². The summed E-state index contributed by atoms with van der Waals surface area (Å²) >= 11 is 1.54. The van der Waals surface area contributed by atoms with E-state index in [2.05, 4.69) is 79.0 Å². The molecule has 0 atom stereocenters. The molecule has 0 spiro atoms. The predicted octanol–water partition coefficient (Wildman–Crippen LogP) is 8.51. The minimum absolute atomic E-state index is 0. The summed E-state index contributed by atoms with van der Waals surface area (Å²) in [6.07, 6.45) is 7.68. The molecule has 0 unspecified atom stereocenters. The number of pyridine rings is 3. The second kappa shape index (κ2) is 10.7. The minimum Gasteiger partial charge on any atom is -0.305 e. The maximum atomic E-state index is 14.1. The number of fused-ring (bicyclic) bond motifs is 6. The topological polar surface area (TPSA) is 38.7 Å². The molecule has 0 saturated heterocycles. The van der Waals surface area contributed by atoms with E-state index in [1.165, 1.54) is 45.4 Å². The Morgan fingerprint density at radius 3 is 2.59 bits per heavy atom.